The fraction of sp³-hybridized carbons (Fsp3) is 0.385. The van der Waals surface area contributed by atoms with Crippen LogP contribution in [-0.4, -0.2) is 26.2 Å². The number of benzene rings is 1. The SMILES string of the molecule is C[Si](C)(C)CCS(=O)(=O)n1ccc2cccc(N)c21. The van der Waals surface area contributed by atoms with E-state index in [1.54, 1.807) is 18.3 Å². The Morgan fingerprint density at radius 3 is 2.53 bits per heavy atom. The molecule has 0 amide bonds. The lowest BCUT2D eigenvalue weighted by molar-refractivity contribution is 0.590. The first-order chi connectivity index (χ1) is 8.71. The van der Waals surface area contributed by atoms with Crippen LogP contribution in [0.4, 0.5) is 5.69 Å². The Morgan fingerprint density at radius 1 is 1.21 bits per heavy atom. The zero-order chi connectivity index (χ0) is 14.3. The first kappa shape index (κ1) is 14.1. The van der Waals surface area contributed by atoms with Crippen LogP contribution in [0.5, 0.6) is 0 Å². The lowest BCUT2D eigenvalue weighted by atomic mass is 10.2. The summed E-state index contributed by atoms with van der Waals surface area (Å²) in [7, 11) is -4.71. The molecule has 0 radical (unpaired) electrons. The van der Waals surface area contributed by atoms with E-state index < -0.39 is 18.1 Å². The Bertz CT molecular complexity index is 699. The maximum atomic E-state index is 12.4. The molecular formula is C13H20N2O2SSi. The van der Waals surface area contributed by atoms with Crippen molar-refractivity contribution in [3.05, 3.63) is 30.5 Å². The number of nitrogens with zero attached hydrogens (tertiary/aromatic N) is 1. The standard InChI is InChI=1S/C13H20N2O2SSi/c1-19(2,3)10-9-18(16,17)15-8-7-11-5-4-6-12(14)13(11)15/h4-8H,9-10,14H2,1-3H3. The average molecular weight is 296 g/mol. The van der Waals surface area contributed by atoms with E-state index in [0.29, 0.717) is 11.2 Å². The van der Waals surface area contributed by atoms with Crippen LogP contribution in [0.1, 0.15) is 0 Å². The van der Waals surface area contributed by atoms with Gasteiger partial charge in [0.25, 0.3) is 0 Å². The van der Waals surface area contributed by atoms with Gasteiger partial charge in [0.1, 0.15) is 0 Å². The van der Waals surface area contributed by atoms with Crippen LogP contribution < -0.4 is 5.73 Å². The summed E-state index contributed by atoms with van der Waals surface area (Å²) in [5.41, 5.74) is 7.00. The largest absolute Gasteiger partial charge is 0.397 e. The molecule has 104 valence electrons. The number of rotatable bonds is 4. The minimum Gasteiger partial charge on any atom is -0.397 e. The van der Waals surface area contributed by atoms with Crippen LogP contribution in [0.25, 0.3) is 10.9 Å². The molecule has 0 unspecified atom stereocenters. The van der Waals surface area contributed by atoms with Gasteiger partial charge in [0, 0.05) is 19.7 Å². The number of anilines is 1. The van der Waals surface area contributed by atoms with Crippen molar-refractivity contribution in [2.75, 3.05) is 11.5 Å². The Hall–Kier alpha value is -1.27. The van der Waals surface area contributed by atoms with Crippen molar-refractivity contribution in [2.24, 2.45) is 0 Å². The Labute approximate surface area is 115 Å². The highest BCUT2D eigenvalue weighted by Gasteiger charge is 2.22. The van der Waals surface area contributed by atoms with Gasteiger partial charge in [-0.15, -0.1) is 0 Å². The van der Waals surface area contributed by atoms with Crippen LogP contribution in [0.3, 0.4) is 0 Å². The highest BCUT2D eigenvalue weighted by molar-refractivity contribution is 7.90. The van der Waals surface area contributed by atoms with Gasteiger partial charge in [0.15, 0.2) is 0 Å². The third kappa shape index (κ3) is 3.01. The monoisotopic (exact) mass is 296 g/mol. The molecule has 2 aromatic rings. The molecule has 0 saturated carbocycles. The number of nitrogen functional groups attached to an aromatic ring is 1. The smallest absolute Gasteiger partial charge is 0.238 e. The fourth-order valence-electron chi connectivity index (χ4n) is 1.96. The maximum absolute atomic E-state index is 12.4. The number of hydrogen-bond donors (Lipinski definition) is 1. The van der Waals surface area contributed by atoms with E-state index in [9.17, 15) is 8.42 Å². The summed E-state index contributed by atoms with van der Waals surface area (Å²) < 4.78 is 26.2. The van der Waals surface area contributed by atoms with Gasteiger partial charge in [-0.3, -0.25) is 0 Å². The van der Waals surface area contributed by atoms with E-state index in [1.807, 2.05) is 12.1 Å². The summed E-state index contributed by atoms with van der Waals surface area (Å²) in [6, 6.07) is 7.97. The van der Waals surface area contributed by atoms with Crippen LogP contribution in [0, 0.1) is 0 Å². The van der Waals surface area contributed by atoms with E-state index in [-0.39, 0.29) is 5.75 Å². The predicted molar refractivity (Wildman–Crippen MR) is 83.7 cm³/mol. The molecule has 4 nitrogen and oxygen atoms in total. The zero-order valence-corrected chi connectivity index (χ0v) is 13.4. The summed E-state index contributed by atoms with van der Waals surface area (Å²) >= 11 is 0. The normalized spacial score (nSPS) is 13.0. The molecule has 6 heteroatoms. The highest BCUT2D eigenvalue weighted by Crippen LogP contribution is 2.24. The highest BCUT2D eigenvalue weighted by atomic mass is 32.2. The Balaban J connectivity index is 2.44. The second-order valence-electron chi connectivity index (χ2n) is 6.02. The van der Waals surface area contributed by atoms with Crippen molar-refractivity contribution in [1.82, 2.24) is 3.97 Å². The lowest BCUT2D eigenvalue weighted by Crippen LogP contribution is -2.26. The van der Waals surface area contributed by atoms with Crippen molar-refractivity contribution in [1.29, 1.82) is 0 Å². The second-order valence-corrected chi connectivity index (χ2v) is 13.6. The third-order valence-electron chi connectivity index (χ3n) is 3.12. The van der Waals surface area contributed by atoms with Crippen LogP contribution in [0.15, 0.2) is 30.5 Å². The Kier molecular flexibility index (Phi) is 3.48. The van der Waals surface area contributed by atoms with Crippen LogP contribution >= 0.6 is 0 Å². The summed E-state index contributed by atoms with van der Waals surface area (Å²) in [5.74, 6) is 0.181. The molecular weight excluding hydrogens is 276 g/mol. The first-order valence-corrected chi connectivity index (χ1v) is 11.6. The molecule has 0 bridgehead atoms. The molecule has 0 atom stereocenters. The molecule has 0 fully saturated rings. The van der Waals surface area contributed by atoms with Gasteiger partial charge in [-0.05, 0) is 18.2 Å². The minimum absolute atomic E-state index is 0.181. The van der Waals surface area contributed by atoms with E-state index in [4.69, 9.17) is 5.73 Å². The molecule has 0 spiro atoms. The molecule has 1 aromatic heterocycles. The van der Waals surface area contributed by atoms with E-state index in [1.165, 1.54) is 3.97 Å². The van der Waals surface area contributed by atoms with Crippen molar-refractivity contribution < 1.29 is 8.42 Å². The number of nitrogens with two attached hydrogens (primary N) is 1. The van der Waals surface area contributed by atoms with Crippen molar-refractivity contribution >= 4 is 34.7 Å². The summed E-state index contributed by atoms with van der Waals surface area (Å²) in [6.07, 6.45) is 1.60. The van der Waals surface area contributed by atoms with E-state index in [0.717, 1.165) is 11.4 Å². The van der Waals surface area contributed by atoms with Crippen molar-refractivity contribution in [3.8, 4) is 0 Å². The summed E-state index contributed by atoms with van der Waals surface area (Å²) in [5, 5.41) is 0.858. The maximum Gasteiger partial charge on any atom is 0.238 e. The van der Waals surface area contributed by atoms with Gasteiger partial charge in [0.2, 0.25) is 10.0 Å². The van der Waals surface area contributed by atoms with Gasteiger partial charge in [-0.1, -0.05) is 31.8 Å². The molecule has 0 aliphatic rings. The number of fused-ring (bicyclic) bond motifs is 1. The quantitative estimate of drug-likeness (QED) is 0.697. The molecule has 0 aliphatic carbocycles. The van der Waals surface area contributed by atoms with Crippen LogP contribution in [-0.2, 0) is 10.0 Å². The first-order valence-electron chi connectivity index (χ1n) is 6.29. The van der Waals surface area contributed by atoms with E-state index >= 15 is 0 Å². The van der Waals surface area contributed by atoms with Gasteiger partial charge >= 0.3 is 0 Å². The molecule has 0 saturated heterocycles. The number of aromatic nitrogens is 1. The van der Waals surface area contributed by atoms with Gasteiger partial charge in [-0.25, -0.2) is 12.4 Å². The predicted octanol–water partition coefficient (Wildman–Crippen LogP) is 2.74. The van der Waals surface area contributed by atoms with Crippen molar-refractivity contribution in [2.45, 2.75) is 25.7 Å². The fourth-order valence-corrected chi connectivity index (χ4v) is 6.37. The van der Waals surface area contributed by atoms with E-state index in [2.05, 4.69) is 19.6 Å². The average Bonchev–Trinajstić information content (AvgIpc) is 2.72. The van der Waals surface area contributed by atoms with Crippen molar-refractivity contribution in [3.63, 3.8) is 0 Å². The second kappa shape index (κ2) is 4.68. The molecule has 2 rings (SSSR count). The van der Waals surface area contributed by atoms with Crippen LogP contribution in [0.2, 0.25) is 25.7 Å². The zero-order valence-electron chi connectivity index (χ0n) is 11.6. The Morgan fingerprint density at radius 2 is 1.89 bits per heavy atom. The lowest BCUT2D eigenvalue weighted by Gasteiger charge is -2.16. The molecule has 0 aliphatic heterocycles. The molecule has 2 N–H and O–H groups in total. The minimum atomic E-state index is -3.33. The van der Waals surface area contributed by atoms with Gasteiger partial charge in [-0.2, -0.15) is 0 Å². The summed E-state index contributed by atoms with van der Waals surface area (Å²) in [4.78, 5) is 0. The molecule has 19 heavy (non-hydrogen) atoms. The number of para-hydroxylation sites is 1. The van der Waals surface area contributed by atoms with Gasteiger partial charge in [0.05, 0.1) is 17.0 Å². The molecule has 1 heterocycles. The molecule has 1 aromatic carbocycles. The number of hydrogen-bond acceptors (Lipinski definition) is 3. The van der Waals surface area contributed by atoms with Gasteiger partial charge < -0.3 is 5.73 Å². The topological polar surface area (TPSA) is 65.1 Å². The summed E-state index contributed by atoms with van der Waals surface area (Å²) in [6.45, 7) is 6.51. The third-order valence-corrected chi connectivity index (χ3v) is 6.85.